The van der Waals surface area contributed by atoms with E-state index < -0.39 is 0 Å². The van der Waals surface area contributed by atoms with Crippen molar-refractivity contribution in [1.29, 1.82) is 0 Å². The lowest BCUT2D eigenvalue weighted by Crippen LogP contribution is -2.26. The number of carbonyl (C=O) groups excluding carboxylic acids is 1. The summed E-state index contributed by atoms with van der Waals surface area (Å²) < 4.78 is 0. The van der Waals surface area contributed by atoms with Gasteiger partial charge in [0.1, 0.15) is 0 Å². The van der Waals surface area contributed by atoms with Crippen LogP contribution in [0.15, 0.2) is 60.7 Å². The molecule has 0 aromatic heterocycles. The topological polar surface area (TPSA) is 58.4 Å². The van der Waals surface area contributed by atoms with Crippen molar-refractivity contribution in [3.63, 3.8) is 0 Å². The van der Waals surface area contributed by atoms with E-state index in [1.165, 1.54) is 37.1 Å². The van der Waals surface area contributed by atoms with Crippen molar-refractivity contribution in [3.05, 3.63) is 87.4 Å². The zero-order chi connectivity index (χ0) is 22.5. The molecule has 0 bridgehead atoms. The number of amides is 1. The van der Waals surface area contributed by atoms with Crippen LogP contribution < -0.4 is 11.1 Å². The van der Waals surface area contributed by atoms with E-state index in [0.29, 0.717) is 27.8 Å². The molecule has 0 atom stereocenters. The quantitative estimate of drug-likeness (QED) is 0.430. The summed E-state index contributed by atoms with van der Waals surface area (Å²) in [6.45, 7) is 3.98. The van der Waals surface area contributed by atoms with Crippen molar-refractivity contribution in [2.75, 3.05) is 25.4 Å². The minimum absolute atomic E-state index is 0.172. The molecule has 4 rings (SSSR count). The summed E-state index contributed by atoms with van der Waals surface area (Å²) in [4.78, 5) is 15.1. The van der Waals surface area contributed by atoms with E-state index >= 15 is 0 Å². The Balaban J connectivity index is 1.31. The van der Waals surface area contributed by atoms with E-state index in [0.717, 1.165) is 24.1 Å². The second-order valence-electron chi connectivity index (χ2n) is 8.24. The molecule has 3 N–H and O–H groups in total. The smallest absolute Gasteiger partial charge is 0.253 e. The molecule has 1 fully saturated rings. The number of nitrogens with two attached hydrogens (primary N) is 1. The molecule has 0 unspecified atom stereocenters. The zero-order valence-electron chi connectivity index (χ0n) is 17.9. The van der Waals surface area contributed by atoms with Gasteiger partial charge < -0.3 is 11.1 Å². The fourth-order valence-corrected chi connectivity index (χ4v) is 4.35. The molecule has 0 aliphatic carbocycles. The molecule has 4 nitrogen and oxygen atoms in total. The Bertz CT molecular complexity index is 1090. The maximum absolute atomic E-state index is 12.6. The van der Waals surface area contributed by atoms with Gasteiger partial charge in [0.05, 0.1) is 15.6 Å². The molecule has 0 saturated carbocycles. The fraction of sp³-hybridized carbons (Fsp3) is 0.269. The lowest BCUT2D eigenvalue weighted by atomic mass is 10.0. The number of halogens is 2. The van der Waals surface area contributed by atoms with Crippen LogP contribution >= 0.6 is 23.2 Å². The van der Waals surface area contributed by atoms with Gasteiger partial charge >= 0.3 is 0 Å². The van der Waals surface area contributed by atoms with E-state index in [2.05, 4.69) is 34.5 Å². The Morgan fingerprint density at radius 1 is 0.875 bits per heavy atom. The molecule has 3 aromatic carbocycles. The summed E-state index contributed by atoms with van der Waals surface area (Å²) in [6, 6.07) is 19.5. The molecule has 166 valence electrons. The van der Waals surface area contributed by atoms with Crippen LogP contribution in [0.2, 0.25) is 10.0 Å². The van der Waals surface area contributed by atoms with Crippen molar-refractivity contribution >= 4 is 34.8 Å². The third-order valence-electron chi connectivity index (χ3n) is 5.88. The summed E-state index contributed by atoms with van der Waals surface area (Å²) in [7, 11) is 0. The third kappa shape index (κ3) is 5.63. The molecule has 1 saturated heterocycles. The van der Waals surface area contributed by atoms with Crippen molar-refractivity contribution in [3.8, 4) is 11.1 Å². The van der Waals surface area contributed by atoms with Crippen molar-refractivity contribution < 1.29 is 4.79 Å². The standard InChI is InChI=1S/C26H27Cl2N3O/c27-23-10-8-20(15-24(23)28)21-7-9-22(25(29)16-21)26(32)30-12-11-18-3-5-19(6-4-18)17-31-13-1-2-14-31/h3-10,15-16H,1-2,11-14,17,29H2,(H,30,32). The lowest BCUT2D eigenvalue weighted by Gasteiger charge is -2.14. The second-order valence-corrected chi connectivity index (χ2v) is 9.05. The fourth-order valence-electron chi connectivity index (χ4n) is 4.05. The van der Waals surface area contributed by atoms with Crippen LogP contribution in [0.1, 0.15) is 34.3 Å². The van der Waals surface area contributed by atoms with Gasteiger partial charge in [-0.2, -0.15) is 0 Å². The maximum atomic E-state index is 12.6. The van der Waals surface area contributed by atoms with Gasteiger partial charge in [-0.1, -0.05) is 59.6 Å². The normalized spacial score (nSPS) is 13.9. The van der Waals surface area contributed by atoms with Gasteiger partial charge in [0, 0.05) is 18.8 Å². The number of hydrogen-bond acceptors (Lipinski definition) is 3. The number of nitrogens with one attached hydrogen (secondary N) is 1. The van der Waals surface area contributed by atoms with Gasteiger partial charge in [0.15, 0.2) is 0 Å². The van der Waals surface area contributed by atoms with Crippen molar-refractivity contribution in [2.45, 2.75) is 25.8 Å². The van der Waals surface area contributed by atoms with E-state index in [1.807, 2.05) is 12.1 Å². The van der Waals surface area contributed by atoms with E-state index in [9.17, 15) is 4.79 Å². The molecular weight excluding hydrogens is 441 g/mol. The van der Waals surface area contributed by atoms with Gasteiger partial charge in [0.25, 0.3) is 5.91 Å². The maximum Gasteiger partial charge on any atom is 0.253 e. The van der Waals surface area contributed by atoms with Gasteiger partial charge in [-0.05, 0) is 78.9 Å². The summed E-state index contributed by atoms with van der Waals surface area (Å²) in [5.41, 5.74) is 11.4. The molecule has 0 spiro atoms. The number of hydrogen-bond donors (Lipinski definition) is 2. The highest BCUT2D eigenvalue weighted by atomic mass is 35.5. The summed E-state index contributed by atoms with van der Waals surface area (Å²) in [5.74, 6) is -0.172. The first-order valence-corrected chi connectivity index (χ1v) is 11.7. The first kappa shape index (κ1) is 22.7. The summed E-state index contributed by atoms with van der Waals surface area (Å²) in [5, 5.41) is 3.95. The minimum Gasteiger partial charge on any atom is -0.398 e. The van der Waals surface area contributed by atoms with Crippen LogP contribution in [0.5, 0.6) is 0 Å². The molecule has 0 radical (unpaired) electrons. The number of carbonyl (C=O) groups is 1. The minimum atomic E-state index is -0.172. The van der Waals surface area contributed by atoms with Crippen LogP contribution in [-0.2, 0) is 13.0 Å². The van der Waals surface area contributed by atoms with E-state index in [4.69, 9.17) is 28.9 Å². The highest BCUT2D eigenvalue weighted by molar-refractivity contribution is 6.42. The molecule has 1 aliphatic rings. The van der Waals surface area contributed by atoms with Crippen LogP contribution in [0, 0.1) is 0 Å². The Labute approximate surface area is 199 Å². The lowest BCUT2D eigenvalue weighted by molar-refractivity contribution is 0.0955. The largest absolute Gasteiger partial charge is 0.398 e. The number of rotatable bonds is 7. The Morgan fingerprint density at radius 2 is 1.53 bits per heavy atom. The zero-order valence-corrected chi connectivity index (χ0v) is 19.4. The molecular formula is C26H27Cl2N3O. The SMILES string of the molecule is Nc1cc(-c2ccc(Cl)c(Cl)c2)ccc1C(=O)NCCc1ccc(CN2CCCC2)cc1. The molecule has 3 aromatic rings. The molecule has 1 heterocycles. The van der Waals surface area contributed by atoms with Crippen LogP contribution in [-0.4, -0.2) is 30.4 Å². The number of anilines is 1. The predicted molar refractivity (Wildman–Crippen MR) is 133 cm³/mol. The number of nitrogens with zero attached hydrogens (tertiary/aromatic N) is 1. The average Bonchev–Trinajstić information content (AvgIpc) is 3.30. The van der Waals surface area contributed by atoms with Crippen LogP contribution in [0.3, 0.4) is 0 Å². The van der Waals surface area contributed by atoms with Gasteiger partial charge in [-0.3, -0.25) is 9.69 Å². The molecule has 1 aliphatic heterocycles. The highest BCUT2D eigenvalue weighted by Gasteiger charge is 2.13. The second kappa shape index (κ2) is 10.4. The van der Waals surface area contributed by atoms with Gasteiger partial charge in [-0.25, -0.2) is 0 Å². The first-order chi connectivity index (χ1) is 15.5. The van der Waals surface area contributed by atoms with Gasteiger partial charge in [0.2, 0.25) is 0 Å². The third-order valence-corrected chi connectivity index (χ3v) is 6.62. The highest BCUT2D eigenvalue weighted by Crippen LogP contribution is 2.30. The molecule has 1 amide bonds. The number of likely N-dealkylation sites (tertiary alicyclic amines) is 1. The Kier molecular flexibility index (Phi) is 7.36. The van der Waals surface area contributed by atoms with Crippen LogP contribution in [0.4, 0.5) is 5.69 Å². The summed E-state index contributed by atoms with van der Waals surface area (Å²) >= 11 is 12.1. The van der Waals surface area contributed by atoms with E-state index in [1.54, 1.807) is 24.3 Å². The average molecular weight is 468 g/mol. The number of nitrogen functional groups attached to an aromatic ring is 1. The summed E-state index contributed by atoms with van der Waals surface area (Å²) in [6.07, 6.45) is 3.39. The number of benzene rings is 3. The van der Waals surface area contributed by atoms with Crippen molar-refractivity contribution in [1.82, 2.24) is 10.2 Å². The van der Waals surface area contributed by atoms with Crippen LogP contribution in [0.25, 0.3) is 11.1 Å². The van der Waals surface area contributed by atoms with E-state index in [-0.39, 0.29) is 5.91 Å². The molecule has 6 heteroatoms. The molecule has 32 heavy (non-hydrogen) atoms. The Hall–Kier alpha value is -2.53. The van der Waals surface area contributed by atoms with Crippen molar-refractivity contribution in [2.24, 2.45) is 0 Å². The van der Waals surface area contributed by atoms with Gasteiger partial charge in [-0.15, -0.1) is 0 Å². The predicted octanol–water partition coefficient (Wildman–Crippen LogP) is 5.81. The monoisotopic (exact) mass is 467 g/mol. The first-order valence-electron chi connectivity index (χ1n) is 10.9. The Morgan fingerprint density at radius 3 is 2.22 bits per heavy atom.